The standard InChI is InChI=1S/C18H20N2S2/c1-13-19(15-7-3-5-9-17(15)21-13)11-12-20-14(2)22-18-10-6-4-8-16(18)20/h3-10,13-14H,11-12H2,1-2H3/t13-,14+. The molecule has 0 N–H and O–H groups in total. The maximum atomic E-state index is 2.54. The third-order valence-corrected chi connectivity index (χ3v) is 6.79. The summed E-state index contributed by atoms with van der Waals surface area (Å²) in [6, 6.07) is 17.5. The van der Waals surface area contributed by atoms with Gasteiger partial charge in [0.2, 0.25) is 0 Å². The van der Waals surface area contributed by atoms with Gasteiger partial charge in [-0.1, -0.05) is 47.8 Å². The molecule has 2 atom stereocenters. The van der Waals surface area contributed by atoms with Crippen LogP contribution in [0.25, 0.3) is 0 Å². The van der Waals surface area contributed by atoms with Gasteiger partial charge in [0.25, 0.3) is 0 Å². The Hall–Kier alpha value is -1.26. The first-order valence-electron chi connectivity index (χ1n) is 7.79. The van der Waals surface area contributed by atoms with E-state index >= 15 is 0 Å². The zero-order valence-electron chi connectivity index (χ0n) is 12.9. The lowest BCUT2D eigenvalue weighted by molar-refractivity contribution is 0.728. The first kappa shape index (κ1) is 14.3. The Morgan fingerprint density at radius 1 is 0.727 bits per heavy atom. The maximum absolute atomic E-state index is 2.54. The Bertz CT molecular complexity index is 629. The number of hydrogen-bond donors (Lipinski definition) is 0. The van der Waals surface area contributed by atoms with E-state index in [2.05, 4.69) is 72.2 Å². The summed E-state index contributed by atoms with van der Waals surface area (Å²) in [5.41, 5.74) is 2.79. The summed E-state index contributed by atoms with van der Waals surface area (Å²) < 4.78 is 0. The Labute approximate surface area is 140 Å². The number of fused-ring (bicyclic) bond motifs is 2. The minimum atomic E-state index is 0.526. The van der Waals surface area contributed by atoms with Crippen LogP contribution in [0.1, 0.15) is 13.8 Å². The molecule has 4 heteroatoms. The summed E-state index contributed by atoms with van der Waals surface area (Å²) in [5.74, 6) is 0. The fourth-order valence-corrected chi connectivity index (χ4v) is 5.65. The van der Waals surface area contributed by atoms with Crippen molar-refractivity contribution >= 4 is 34.9 Å². The molecule has 114 valence electrons. The lowest BCUT2D eigenvalue weighted by Gasteiger charge is -2.30. The Morgan fingerprint density at radius 2 is 1.14 bits per heavy atom. The molecule has 0 bridgehead atoms. The van der Waals surface area contributed by atoms with Crippen LogP contribution in [0.15, 0.2) is 58.3 Å². The van der Waals surface area contributed by atoms with E-state index in [-0.39, 0.29) is 0 Å². The average Bonchev–Trinajstić information content (AvgIpc) is 3.01. The van der Waals surface area contributed by atoms with E-state index in [9.17, 15) is 0 Å². The third-order valence-electron chi connectivity index (χ3n) is 4.40. The van der Waals surface area contributed by atoms with E-state index in [0.29, 0.717) is 10.7 Å². The minimum absolute atomic E-state index is 0.526. The van der Waals surface area contributed by atoms with Gasteiger partial charge in [0.15, 0.2) is 0 Å². The predicted molar refractivity (Wildman–Crippen MR) is 98.2 cm³/mol. The van der Waals surface area contributed by atoms with Gasteiger partial charge in [-0.05, 0) is 38.1 Å². The van der Waals surface area contributed by atoms with E-state index in [0.717, 1.165) is 13.1 Å². The van der Waals surface area contributed by atoms with Crippen molar-refractivity contribution in [1.29, 1.82) is 0 Å². The van der Waals surface area contributed by atoms with Gasteiger partial charge in [-0.25, -0.2) is 0 Å². The van der Waals surface area contributed by atoms with Crippen LogP contribution in [-0.4, -0.2) is 23.8 Å². The van der Waals surface area contributed by atoms with Crippen LogP contribution in [0.5, 0.6) is 0 Å². The minimum Gasteiger partial charge on any atom is -0.357 e. The highest BCUT2D eigenvalue weighted by Gasteiger charge is 2.30. The van der Waals surface area contributed by atoms with Crippen LogP contribution in [0.4, 0.5) is 11.4 Å². The Morgan fingerprint density at radius 3 is 1.59 bits per heavy atom. The van der Waals surface area contributed by atoms with E-state index in [1.165, 1.54) is 21.2 Å². The molecular weight excluding hydrogens is 308 g/mol. The molecule has 2 heterocycles. The number of para-hydroxylation sites is 2. The van der Waals surface area contributed by atoms with Crippen molar-refractivity contribution in [3.63, 3.8) is 0 Å². The molecule has 0 saturated carbocycles. The van der Waals surface area contributed by atoms with Crippen LogP contribution in [-0.2, 0) is 0 Å². The normalized spacial score (nSPS) is 22.8. The molecule has 0 spiro atoms. The zero-order valence-corrected chi connectivity index (χ0v) is 14.5. The third kappa shape index (κ3) is 2.38. The fourth-order valence-electron chi connectivity index (χ4n) is 3.29. The van der Waals surface area contributed by atoms with Crippen molar-refractivity contribution in [3.8, 4) is 0 Å². The van der Waals surface area contributed by atoms with Gasteiger partial charge < -0.3 is 9.80 Å². The summed E-state index contributed by atoms with van der Waals surface area (Å²) >= 11 is 3.94. The first-order chi connectivity index (χ1) is 10.7. The highest BCUT2D eigenvalue weighted by Crippen LogP contribution is 2.45. The lowest BCUT2D eigenvalue weighted by atomic mass is 10.2. The van der Waals surface area contributed by atoms with Crippen molar-refractivity contribution in [2.75, 3.05) is 22.9 Å². The molecule has 2 aliphatic rings. The van der Waals surface area contributed by atoms with Gasteiger partial charge in [0, 0.05) is 22.9 Å². The number of thioether (sulfide) groups is 2. The summed E-state index contributed by atoms with van der Waals surface area (Å²) in [5, 5.41) is 1.05. The topological polar surface area (TPSA) is 6.48 Å². The number of rotatable bonds is 3. The number of benzene rings is 2. The van der Waals surface area contributed by atoms with Gasteiger partial charge in [-0.15, -0.1) is 0 Å². The molecule has 0 amide bonds. The quantitative estimate of drug-likeness (QED) is 0.790. The summed E-state index contributed by atoms with van der Waals surface area (Å²) in [7, 11) is 0. The van der Waals surface area contributed by atoms with Crippen molar-refractivity contribution in [2.45, 2.75) is 34.4 Å². The number of anilines is 2. The summed E-state index contributed by atoms with van der Waals surface area (Å²) in [6.07, 6.45) is 0. The van der Waals surface area contributed by atoms with E-state index in [1.807, 2.05) is 23.5 Å². The molecule has 0 aliphatic carbocycles. The van der Waals surface area contributed by atoms with Gasteiger partial charge in [-0.2, -0.15) is 0 Å². The molecule has 0 fully saturated rings. The second kappa shape index (κ2) is 5.74. The van der Waals surface area contributed by atoms with Crippen LogP contribution in [0, 0.1) is 0 Å². The average molecular weight is 329 g/mol. The monoisotopic (exact) mass is 328 g/mol. The molecule has 22 heavy (non-hydrogen) atoms. The molecule has 2 aliphatic heterocycles. The smallest absolute Gasteiger partial charge is 0.0770 e. The first-order valence-corrected chi connectivity index (χ1v) is 9.54. The van der Waals surface area contributed by atoms with Crippen molar-refractivity contribution in [3.05, 3.63) is 48.5 Å². The molecule has 2 aromatic carbocycles. The number of hydrogen-bond acceptors (Lipinski definition) is 4. The van der Waals surface area contributed by atoms with Crippen LogP contribution < -0.4 is 9.80 Å². The van der Waals surface area contributed by atoms with Crippen LogP contribution in [0.3, 0.4) is 0 Å². The van der Waals surface area contributed by atoms with Gasteiger partial charge in [0.1, 0.15) is 0 Å². The molecule has 4 rings (SSSR count). The van der Waals surface area contributed by atoms with Gasteiger partial charge in [0.05, 0.1) is 22.1 Å². The molecule has 0 aromatic heterocycles. The summed E-state index contributed by atoms with van der Waals surface area (Å²) in [4.78, 5) is 7.91. The second-order valence-corrected chi connectivity index (χ2v) is 8.47. The zero-order chi connectivity index (χ0) is 15.1. The van der Waals surface area contributed by atoms with Gasteiger partial charge in [-0.3, -0.25) is 0 Å². The van der Waals surface area contributed by atoms with Crippen molar-refractivity contribution in [1.82, 2.24) is 0 Å². The SMILES string of the molecule is C[C@@H]1Sc2ccccc2N1CCN1c2ccccc2S[C@@H]1C. The van der Waals surface area contributed by atoms with Crippen LogP contribution >= 0.6 is 23.5 Å². The highest BCUT2D eigenvalue weighted by atomic mass is 32.2. The van der Waals surface area contributed by atoms with E-state index in [4.69, 9.17) is 0 Å². The summed E-state index contributed by atoms with van der Waals surface area (Å²) in [6.45, 7) is 6.76. The second-order valence-electron chi connectivity index (χ2n) is 5.76. The predicted octanol–water partition coefficient (Wildman–Crippen LogP) is 4.90. The highest BCUT2D eigenvalue weighted by molar-refractivity contribution is 8.00. The largest absolute Gasteiger partial charge is 0.357 e. The van der Waals surface area contributed by atoms with E-state index < -0.39 is 0 Å². The molecule has 2 aromatic rings. The lowest BCUT2D eigenvalue weighted by Crippen LogP contribution is -2.38. The molecular formula is C18H20N2S2. The molecule has 0 radical (unpaired) electrons. The number of nitrogens with zero attached hydrogens (tertiary/aromatic N) is 2. The van der Waals surface area contributed by atoms with E-state index in [1.54, 1.807) is 0 Å². The fraction of sp³-hybridized carbons (Fsp3) is 0.333. The Kier molecular flexibility index (Phi) is 3.74. The van der Waals surface area contributed by atoms with Crippen LogP contribution in [0.2, 0.25) is 0 Å². The molecule has 2 nitrogen and oxygen atoms in total. The van der Waals surface area contributed by atoms with Gasteiger partial charge >= 0.3 is 0 Å². The maximum Gasteiger partial charge on any atom is 0.0770 e. The molecule has 0 saturated heterocycles. The Balaban J connectivity index is 1.52. The molecule has 0 unspecified atom stereocenters. The van der Waals surface area contributed by atoms with Crippen molar-refractivity contribution in [2.24, 2.45) is 0 Å². The van der Waals surface area contributed by atoms with Crippen molar-refractivity contribution < 1.29 is 0 Å².